The van der Waals surface area contributed by atoms with Crippen molar-refractivity contribution < 1.29 is 33.7 Å². The van der Waals surface area contributed by atoms with Crippen LogP contribution in [-0.2, 0) is 0 Å². The average molecular weight is 585 g/mol. The number of phenols is 1. The number of halogens is 1. The summed E-state index contributed by atoms with van der Waals surface area (Å²) >= 11 is 0. The molecule has 0 aromatic heterocycles. The Labute approximate surface area is 248 Å². The summed E-state index contributed by atoms with van der Waals surface area (Å²) in [7, 11) is 0. The summed E-state index contributed by atoms with van der Waals surface area (Å²) < 4.78 is 20.9. The van der Waals surface area contributed by atoms with E-state index in [1.54, 1.807) is 6.07 Å². The molecular formula is C36H21FO7. The second-order valence-corrected chi connectivity index (χ2v) is 10.6. The minimum Gasteiger partial charge on any atom is -0.505 e. The molecule has 0 unspecified atom stereocenters. The highest BCUT2D eigenvalue weighted by atomic mass is 19.1. The molecule has 5 aromatic rings. The number of carboxylic acid groups (broad SMARTS) is 2. The molecule has 0 spiro atoms. The normalized spacial score (nSPS) is 11.5. The summed E-state index contributed by atoms with van der Waals surface area (Å²) in [5.41, 5.74) is 1.00. The van der Waals surface area contributed by atoms with Gasteiger partial charge in [0.25, 0.3) is 0 Å². The van der Waals surface area contributed by atoms with Gasteiger partial charge in [0.1, 0.15) is 11.3 Å². The fraction of sp³-hybridized carbons (Fsp3) is 0.0278. The molecule has 7 rings (SSSR count). The molecule has 44 heavy (non-hydrogen) atoms. The van der Waals surface area contributed by atoms with Crippen LogP contribution in [0.1, 0.15) is 26.3 Å². The summed E-state index contributed by atoms with van der Waals surface area (Å²) in [5, 5.41) is 33.8. The van der Waals surface area contributed by atoms with Gasteiger partial charge in [-0.2, -0.15) is 0 Å². The molecular weight excluding hydrogens is 563 g/mol. The van der Waals surface area contributed by atoms with Gasteiger partial charge >= 0.3 is 11.9 Å². The zero-order valence-electron chi connectivity index (χ0n) is 23.0. The van der Waals surface area contributed by atoms with Crippen molar-refractivity contribution in [2.75, 3.05) is 0 Å². The van der Waals surface area contributed by atoms with E-state index >= 15 is 0 Å². The van der Waals surface area contributed by atoms with Crippen molar-refractivity contribution >= 4 is 44.5 Å². The van der Waals surface area contributed by atoms with Crippen molar-refractivity contribution in [2.24, 2.45) is 0 Å². The third-order valence-electron chi connectivity index (χ3n) is 8.14. The second-order valence-electron chi connectivity index (χ2n) is 10.6. The first-order valence-electron chi connectivity index (χ1n) is 13.6. The maximum Gasteiger partial charge on any atom is 0.337 e. The van der Waals surface area contributed by atoms with E-state index in [4.69, 9.17) is 4.42 Å². The van der Waals surface area contributed by atoms with Gasteiger partial charge in [0, 0.05) is 39.8 Å². The van der Waals surface area contributed by atoms with Crippen LogP contribution < -0.4 is 5.43 Å². The van der Waals surface area contributed by atoms with Gasteiger partial charge in [-0.3, -0.25) is 4.79 Å². The van der Waals surface area contributed by atoms with Gasteiger partial charge in [-0.25, -0.2) is 14.0 Å². The lowest BCUT2D eigenvalue weighted by molar-refractivity contribution is 0.0652. The third-order valence-corrected chi connectivity index (χ3v) is 8.14. The summed E-state index contributed by atoms with van der Waals surface area (Å²) in [6, 6.07) is 24.3. The molecule has 0 radical (unpaired) electrons. The Balaban J connectivity index is 1.70. The molecule has 214 valence electrons. The number of benzene rings is 6. The maximum atomic E-state index is 14.9. The number of carbonyl (C=O) groups is 2. The van der Waals surface area contributed by atoms with Crippen molar-refractivity contribution in [3.63, 3.8) is 0 Å². The Morgan fingerprint density at radius 1 is 0.682 bits per heavy atom. The highest BCUT2D eigenvalue weighted by Gasteiger charge is 2.28. The summed E-state index contributed by atoms with van der Waals surface area (Å²) in [6.07, 6.45) is 0. The smallest absolute Gasteiger partial charge is 0.337 e. The monoisotopic (exact) mass is 584 g/mol. The lowest BCUT2D eigenvalue weighted by Crippen LogP contribution is -2.11. The van der Waals surface area contributed by atoms with Gasteiger partial charge in [0.05, 0.1) is 11.1 Å². The van der Waals surface area contributed by atoms with Crippen molar-refractivity contribution in [3.8, 4) is 39.3 Å². The molecule has 1 heterocycles. The highest BCUT2D eigenvalue weighted by molar-refractivity contribution is 6.16. The topological polar surface area (TPSA) is 125 Å². The van der Waals surface area contributed by atoms with E-state index in [9.17, 15) is 34.1 Å². The molecule has 1 aliphatic carbocycles. The zero-order chi connectivity index (χ0) is 30.9. The fourth-order valence-electron chi connectivity index (χ4n) is 6.22. The molecule has 5 aromatic carbocycles. The van der Waals surface area contributed by atoms with E-state index in [1.807, 2.05) is 55.5 Å². The van der Waals surface area contributed by atoms with Gasteiger partial charge in [0.15, 0.2) is 17.0 Å². The molecule has 0 bridgehead atoms. The van der Waals surface area contributed by atoms with Crippen LogP contribution in [0.25, 0.3) is 66.1 Å². The van der Waals surface area contributed by atoms with Crippen molar-refractivity contribution in [1.29, 1.82) is 0 Å². The highest BCUT2D eigenvalue weighted by Crippen LogP contribution is 2.46. The van der Waals surface area contributed by atoms with Gasteiger partial charge in [-0.15, -0.1) is 0 Å². The van der Waals surface area contributed by atoms with E-state index in [0.29, 0.717) is 11.1 Å². The average Bonchev–Trinajstić information content (AvgIpc) is 3.01. The minimum absolute atomic E-state index is 0.0171. The minimum atomic E-state index is -1.50. The maximum absolute atomic E-state index is 14.9. The van der Waals surface area contributed by atoms with Crippen LogP contribution in [0.2, 0.25) is 0 Å². The Bertz CT molecular complexity index is 2350. The molecule has 0 saturated carbocycles. The number of carboxylic acids is 2. The first-order valence-corrected chi connectivity index (χ1v) is 13.6. The molecule has 3 N–H and O–H groups in total. The SMILES string of the molecule is Cc1c2ccccc2c(-c2cc3c(-c4cccc(C(=O)O)c4C(=O)O)c4cc(F)c(O)cc4oc-3cc2=O)c2ccccc12. The third kappa shape index (κ3) is 3.92. The number of aromatic hydroxyl groups is 1. The van der Waals surface area contributed by atoms with E-state index in [1.165, 1.54) is 24.3 Å². The molecule has 2 aliphatic rings. The quantitative estimate of drug-likeness (QED) is 0.179. The van der Waals surface area contributed by atoms with Crippen LogP contribution >= 0.6 is 0 Å². The number of phenolic OH excluding ortho intramolecular Hbond substituents is 1. The standard InChI is InChI=1S/C36H21FO7/c1-17-18-7-2-4-9-20(18)32(21-10-5-3-8-19(17)21)24-13-25-30(15-28(24)38)44-31-16-29(39)27(37)14-26(31)33(25)22-11-6-12-23(35(40)41)34(22)36(42)43/h2-16,39H,1H3,(H,40,41)(H,42,43). The fourth-order valence-corrected chi connectivity index (χ4v) is 6.22. The van der Waals surface area contributed by atoms with Crippen LogP contribution in [-0.4, -0.2) is 27.3 Å². The van der Waals surface area contributed by atoms with E-state index in [-0.39, 0.29) is 38.8 Å². The Hall–Kier alpha value is -6.02. The molecule has 0 saturated heterocycles. The number of hydrogen-bond acceptors (Lipinski definition) is 5. The van der Waals surface area contributed by atoms with Crippen LogP contribution in [0.3, 0.4) is 0 Å². The van der Waals surface area contributed by atoms with Gasteiger partial charge < -0.3 is 19.7 Å². The van der Waals surface area contributed by atoms with Crippen molar-refractivity contribution in [3.05, 3.63) is 124 Å². The van der Waals surface area contributed by atoms with E-state index in [0.717, 1.165) is 39.2 Å². The predicted molar refractivity (Wildman–Crippen MR) is 165 cm³/mol. The Morgan fingerprint density at radius 2 is 1.32 bits per heavy atom. The van der Waals surface area contributed by atoms with E-state index < -0.39 is 34.6 Å². The number of aromatic carboxylic acids is 2. The zero-order valence-corrected chi connectivity index (χ0v) is 23.0. The molecule has 0 atom stereocenters. The second kappa shape index (κ2) is 9.78. The molecule has 1 aliphatic heterocycles. The molecule has 0 fully saturated rings. The van der Waals surface area contributed by atoms with Gasteiger partial charge in [0.2, 0.25) is 0 Å². The van der Waals surface area contributed by atoms with Crippen LogP contribution in [0.15, 0.2) is 100 Å². The molecule has 7 nitrogen and oxygen atoms in total. The lowest BCUT2D eigenvalue weighted by Gasteiger charge is -2.20. The summed E-state index contributed by atoms with van der Waals surface area (Å²) in [6.45, 7) is 2.02. The van der Waals surface area contributed by atoms with E-state index in [2.05, 4.69) is 0 Å². The van der Waals surface area contributed by atoms with Crippen LogP contribution in [0, 0.1) is 12.7 Å². The number of fused-ring (bicyclic) bond motifs is 4. The summed E-state index contributed by atoms with van der Waals surface area (Å²) in [5.74, 6) is -4.61. The Kier molecular flexibility index (Phi) is 5.97. The number of aryl methyl sites for hydroxylation is 1. The van der Waals surface area contributed by atoms with Gasteiger partial charge in [-0.1, -0.05) is 60.7 Å². The van der Waals surface area contributed by atoms with Crippen molar-refractivity contribution in [1.82, 2.24) is 0 Å². The van der Waals surface area contributed by atoms with Crippen LogP contribution in [0.4, 0.5) is 4.39 Å². The largest absolute Gasteiger partial charge is 0.505 e. The predicted octanol–water partition coefficient (Wildman–Crippen LogP) is 8.09. The first-order chi connectivity index (χ1) is 21.2. The molecule has 8 heteroatoms. The Morgan fingerprint density at radius 3 is 1.93 bits per heavy atom. The van der Waals surface area contributed by atoms with Gasteiger partial charge in [-0.05, 0) is 57.8 Å². The van der Waals surface area contributed by atoms with Crippen LogP contribution in [0.5, 0.6) is 5.75 Å². The number of rotatable bonds is 4. The number of hydrogen-bond donors (Lipinski definition) is 3. The lowest BCUT2D eigenvalue weighted by atomic mass is 9.85. The van der Waals surface area contributed by atoms with Crippen molar-refractivity contribution in [2.45, 2.75) is 6.92 Å². The molecule has 0 amide bonds. The first kappa shape index (κ1) is 26.9. The summed E-state index contributed by atoms with van der Waals surface area (Å²) in [4.78, 5) is 38.5.